The normalized spacial score (nSPS) is 16.8. The zero-order valence-electron chi connectivity index (χ0n) is 11.4. The lowest BCUT2D eigenvalue weighted by atomic mass is 10.1. The average molecular weight is 266 g/mol. The van der Waals surface area contributed by atoms with Crippen LogP contribution in [0.5, 0.6) is 0 Å². The topological polar surface area (TPSA) is 54.7 Å². The summed E-state index contributed by atoms with van der Waals surface area (Å²) >= 11 is 0. The van der Waals surface area contributed by atoms with Crippen LogP contribution in [0.25, 0.3) is 0 Å². The maximum Gasteiger partial charge on any atom is 0.270 e. The van der Waals surface area contributed by atoms with E-state index in [1.807, 2.05) is 34.7 Å². The molecular formula is C14H22N2O3. The van der Waals surface area contributed by atoms with Crippen LogP contribution in [0, 0.1) is 0 Å². The number of piperidine rings is 1. The Bertz CT molecular complexity index is 409. The molecule has 1 aliphatic rings. The lowest BCUT2D eigenvalue weighted by Gasteiger charge is -2.32. The van der Waals surface area contributed by atoms with E-state index in [1.54, 1.807) is 0 Å². The first-order chi connectivity index (χ1) is 9.26. The lowest BCUT2D eigenvalue weighted by molar-refractivity contribution is -0.00572. The van der Waals surface area contributed by atoms with Crippen molar-refractivity contribution in [1.29, 1.82) is 0 Å². The van der Waals surface area contributed by atoms with E-state index in [9.17, 15) is 4.79 Å². The Morgan fingerprint density at radius 2 is 2.21 bits per heavy atom. The minimum atomic E-state index is 0.0587. The monoisotopic (exact) mass is 266 g/mol. The van der Waals surface area contributed by atoms with Gasteiger partial charge in [-0.1, -0.05) is 0 Å². The van der Waals surface area contributed by atoms with Crippen molar-refractivity contribution in [3.05, 3.63) is 24.0 Å². The summed E-state index contributed by atoms with van der Waals surface area (Å²) in [7, 11) is 0. The first-order valence-corrected chi connectivity index (χ1v) is 6.93. The molecule has 1 fully saturated rings. The number of aryl methyl sites for hydroxylation is 1. The van der Waals surface area contributed by atoms with E-state index < -0.39 is 0 Å². The van der Waals surface area contributed by atoms with Crippen molar-refractivity contribution < 1.29 is 14.6 Å². The maximum absolute atomic E-state index is 12.4. The summed E-state index contributed by atoms with van der Waals surface area (Å²) in [5, 5.41) is 8.73. The van der Waals surface area contributed by atoms with Crippen LogP contribution in [0.1, 0.15) is 30.3 Å². The van der Waals surface area contributed by atoms with Gasteiger partial charge in [0.25, 0.3) is 5.91 Å². The number of amides is 1. The van der Waals surface area contributed by atoms with Crippen LogP contribution in [0.2, 0.25) is 0 Å². The van der Waals surface area contributed by atoms with Gasteiger partial charge in [0.2, 0.25) is 0 Å². The number of ether oxygens (including phenoxy) is 1. The highest BCUT2D eigenvalue weighted by atomic mass is 16.5. The second kappa shape index (κ2) is 6.73. The number of carbonyl (C=O) groups is 1. The number of aliphatic hydroxyl groups excluding tert-OH is 1. The van der Waals surface area contributed by atoms with E-state index in [4.69, 9.17) is 9.84 Å². The maximum atomic E-state index is 12.4. The zero-order chi connectivity index (χ0) is 13.7. The summed E-state index contributed by atoms with van der Waals surface area (Å²) in [6, 6.07) is 3.79. The number of rotatable bonds is 5. The number of carbonyl (C=O) groups excluding carboxylic acids is 1. The van der Waals surface area contributed by atoms with Crippen molar-refractivity contribution in [2.75, 3.05) is 26.3 Å². The summed E-state index contributed by atoms with van der Waals surface area (Å²) in [6.07, 6.45) is 3.80. The number of nitrogens with zero attached hydrogens (tertiary/aromatic N) is 2. The first kappa shape index (κ1) is 14.1. The van der Waals surface area contributed by atoms with Crippen molar-refractivity contribution in [2.24, 2.45) is 0 Å². The van der Waals surface area contributed by atoms with Crippen molar-refractivity contribution in [3.8, 4) is 0 Å². The minimum absolute atomic E-state index is 0.0587. The molecule has 1 saturated heterocycles. The van der Waals surface area contributed by atoms with Gasteiger partial charge in [-0.15, -0.1) is 0 Å². The molecule has 5 heteroatoms. The lowest BCUT2D eigenvalue weighted by Crippen LogP contribution is -2.41. The van der Waals surface area contributed by atoms with Gasteiger partial charge in [-0.25, -0.2) is 0 Å². The minimum Gasteiger partial charge on any atom is -0.394 e. The highest BCUT2D eigenvalue weighted by Crippen LogP contribution is 2.16. The number of hydrogen-bond donors (Lipinski definition) is 1. The smallest absolute Gasteiger partial charge is 0.270 e. The fourth-order valence-corrected chi connectivity index (χ4v) is 2.49. The molecular weight excluding hydrogens is 244 g/mol. The van der Waals surface area contributed by atoms with E-state index in [1.165, 1.54) is 0 Å². The third kappa shape index (κ3) is 3.36. The Morgan fingerprint density at radius 3 is 2.84 bits per heavy atom. The molecule has 5 nitrogen and oxygen atoms in total. The van der Waals surface area contributed by atoms with Gasteiger partial charge in [0, 0.05) is 25.8 Å². The standard InChI is InChI=1S/C14H22N2O3/c1-2-15-7-3-4-13(15)14(18)16-8-5-12(6-9-16)19-11-10-17/h3-4,7,12,17H,2,5-6,8-11H2,1H3. The predicted molar refractivity (Wildman–Crippen MR) is 72.1 cm³/mol. The fraction of sp³-hybridized carbons (Fsp3) is 0.643. The van der Waals surface area contributed by atoms with Crippen LogP contribution in [0.3, 0.4) is 0 Å². The molecule has 1 aliphatic heterocycles. The summed E-state index contributed by atoms with van der Waals surface area (Å²) in [5.74, 6) is 0.104. The number of likely N-dealkylation sites (tertiary alicyclic amines) is 1. The molecule has 1 aromatic heterocycles. The molecule has 1 amide bonds. The van der Waals surface area contributed by atoms with Crippen LogP contribution in [0.4, 0.5) is 0 Å². The van der Waals surface area contributed by atoms with Crippen LogP contribution >= 0.6 is 0 Å². The molecule has 0 atom stereocenters. The van der Waals surface area contributed by atoms with Gasteiger partial charge in [0.15, 0.2) is 0 Å². The SMILES string of the molecule is CCn1cccc1C(=O)N1CCC(OCCO)CC1. The Hall–Kier alpha value is -1.33. The molecule has 0 aliphatic carbocycles. The van der Waals surface area contributed by atoms with Crippen LogP contribution in [-0.2, 0) is 11.3 Å². The van der Waals surface area contributed by atoms with E-state index in [2.05, 4.69) is 0 Å². The number of aliphatic hydroxyl groups is 1. The highest BCUT2D eigenvalue weighted by molar-refractivity contribution is 5.92. The van der Waals surface area contributed by atoms with Crippen molar-refractivity contribution in [3.63, 3.8) is 0 Å². The first-order valence-electron chi connectivity index (χ1n) is 6.93. The third-order valence-electron chi connectivity index (χ3n) is 3.56. The van der Waals surface area contributed by atoms with Gasteiger partial charge in [-0.2, -0.15) is 0 Å². The van der Waals surface area contributed by atoms with Crippen LogP contribution in [0.15, 0.2) is 18.3 Å². The predicted octanol–water partition coefficient (Wildman–Crippen LogP) is 1.12. The van der Waals surface area contributed by atoms with Gasteiger partial charge in [0.05, 0.1) is 19.3 Å². The van der Waals surface area contributed by atoms with Crippen LogP contribution < -0.4 is 0 Å². The van der Waals surface area contributed by atoms with Gasteiger partial charge < -0.3 is 19.3 Å². The summed E-state index contributed by atoms with van der Waals surface area (Å²) in [6.45, 7) is 4.74. The molecule has 0 bridgehead atoms. The van der Waals surface area contributed by atoms with E-state index in [0.29, 0.717) is 6.61 Å². The Labute approximate surface area is 113 Å². The summed E-state index contributed by atoms with van der Waals surface area (Å²) in [4.78, 5) is 14.3. The molecule has 1 aromatic rings. The quantitative estimate of drug-likeness (QED) is 0.869. The molecule has 106 valence electrons. The third-order valence-corrected chi connectivity index (χ3v) is 3.56. The average Bonchev–Trinajstić information content (AvgIpc) is 2.93. The molecule has 0 spiro atoms. The molecule has 1 N–H and O–H groups in total. The van der Waals surface area contributed by atoms with Crippen LogP contribution in [-0.4, -0.2) is 52.9 Å². The molecule has 2 heterocycles. The number of aromatic nitrogens is 1. The van der Waals surface area contributed by atoms with Gasteiger partial charge in [-0.3, -0.25) is 4.79 Å². The Kier molecular flexibility index (Phi) is 4.99. The highest BCUT2D eigenvalue weighted by Gasteiger charge is 2.25. The van der Waals surface area contributed by atoms with Gasteiger partial charge in [0.1, 0.15) is 5.69 Å². The molecule has 2 rings (SSSR count). The largest absolute Gasteiger partial charge is 0.394 e. The summed E-state index contributed by atoms with van der Waals surface area (Å²) in [5.41, 5.74) is 0.761. The van der Waals surface area contributed by atoms with Gasteiger partial charge in [-0.05, 0) is 31.9 Å². The Morgan fingerprint density at radius 1 is 1.47 bits per heavy atom. The molecule has 19 heavy (non-hydrogen) atoms. The van der Waals surface area contributed by atoms with Gasteiger partial charge >= 0.3 is 0 Å². The van der Waals surface area contributed by atoms with E-state index in [-0.39, 0.29) is 18.6 Å². The molecule has 0 aromatic carbocycles. The van der Waals surface area contributed by atoms with Crippen molar-refractivity contribution >= 4 is 5.91 Å². The number of hydrogen-bond acceptors (Lipinski definition) is 3. The molecule has 0 saturated carbocycles. The van der Waals surface area contributed by atoms with Crippen molar-refractivity contribution in [2.45, 2.75) is 32.4 Å². The second-order valence-electron chi connectivity index (χ2n) is 4.77. The second-order valence-corrected chi connectivity index (χ2v) is 4.77. The molecule has 0 unspecified atom stereocenters. The Balaban J connectivity index is 1.89. The summed E-state index contributed by atoms with van der Waals surface area (Å²) < 4.78 is 7.47. The molecule has 0 radical (unpaired) electrons. The van der Waals surface area contributed by atoms with E-state index in [0.717, 1.165) is 38.2 Å². The van der Waals surface area contributed by atoms with Crippen molar-refractivity contribution in [1.82, 2.24) is 9.47 Å². The fourth-order valence-electron chi connectivity index (χ4n) is 2.49. The zero-order valence-corrected chi connectivity index (χ0v) is 11.4. The van der Waals surface area contributed by atoms with E-state index >= 15 is 0 Å².